The summed E-state index contributed by atoms with van der Waals surface area (Å²) >= 11 is 3.87. The molecule has 0 saturated carbocycles. The monoisotopic (exact) mass is 610 g/mol. The van der Waals surface area contributed by atoms with Crippen LogP contribution in [0.5, 0.6) is 0 Å². The highest BCUT2D eigenvalue weighted by Gasteiger charge is 2.25. The number of aryl methyl sites for hydroxylation is 1. The number of hydrogen-bond donors (Lipinski definition) is 0. The standard InChI is InChI=1S/C42H27Br/c1-3-27-36-24(2)35(43)22-21-32(36)42-38(26-15-8-5-9-16-26)40-31-20-12-19-30-28-17-10-11-18-29(28)33(39(30)31)23-34(40)37(41(27)42)25-13-6-4-7-14-25/h3-23H,1-2H3/b27-3+. The Hall–Kier alpha value is -4.72. The van der Waals surface area contributed by atoms with Gasteiger partial charge in [-0.15, -0.1) is 0 Å². The Morgan fingerprint density at radius 1 is 0.442 bits per heavy atom. The van der Waals surface area contributed by atoms with Crippen LogP contribution < -0.4 is 5.22 Å². The second-order valence-corrected chi connectivity index (χ2v) is 12.5. The maximum atomic E-state index is 3.87. The van der Waals surface area contributed by atoms with Gasteiger partial charge in [0, 0.05) is 4.47 Å². The lowest BCUT2D eigenvalue weighted by Crippen LogP contribution is -2.01. The van der Waals surface area contributed by atoms with Crippen molar-refractivity contribution in [3.05, 3.63) is 137 Å². The van der Waals surface area contributed by atoms with Crippen LogP contribution >= 0.6 is 15.9 Å². The minimum absolute atomic E-state index is 1.15. The van der Waals surface area contributed by atoms with Gasteiger partial charge in [0.15, 0.2) is 0 Å². The molecule has 0 heterocycles. The Labute approximate surface area is 258 Å². The van der Waals surface area contributed by atoms with Crippen molar-refractivity contribution in [2.24, 2.45) is 0 Å². The van der Waals surface area contributed by atoms with E-state index in [1.165, 1.54) is 97.7 Å². The predicted octanol–water partition coefficient (Wildman–Crippen LogP) is 12.0. The average molecular weight is 612 g/mol. The van der Waals surface area contributed by atoms with Crippen molar-refractivity contribution < 1.29 is 0 Å². The highest BCUT2D eigenvalue weighted by atomic mass is 79.9. The molecule has 0 fully saturated rings. The lowest BCUT2D eigenvalue weighted by atomic mass is 9.84. The normalized spacial score (nSPS) is 12.7. The molecule has 0 unspecified atom stereocenters. The van der Waals surface area contributed by atoms with E-state index in [-0.39, 0.29) is 0 Å². The molecule has 9 rings (SSSR count). The van der Waals surface area contributed by atoms with Crippen LogP contribution in [0.1, 0.15) is 12.5 Å². The van der Waals surface area contributed by atoms with Gasteiger partial charge < -0.3 is 0 Å². The lowest BCUT2D eigenvalue weighted by Gasteiger charge is -2.19. The summed E-state index contributed by atoms with van der Waals surface area (Å²) in [5, 5.41) is 17.3. The van der Waals surface area contributed by atoms with Gasteiger partial charge >= 0.3 is 0 Å². The van der Waals surface area contributed by atoms with Crippen molar-refractivity contribution in [1.29, 1.82) is 0 Å². The minimum Gasteiger partial charge on any atom is -0.0791 e. The lowest BCUT2D eigenvalue weighted by molar-refractivity contribution is 1.49. The zero-order chi connectivity index (χ0) is 28.8. The quantitative estimate of drug-likeness (QED) is 0.171. The summed E-state index contributed by atoms with van der Waals surface area (Å²) in [6.07, 6.45) is 2.32. The van der Waals surface area contributed by atoms with E-state index in [9.17, 15) is 0 Å². The molecular weight excluding hydrogens is 584 g/mol. The maximum Gasteiger partial charge on any atom is 0.0211 e. The molecule has 0 atom stereocenters. The second kappa shape index (κ2) is 9.14. The molecule has 0 aliphatic rings. The van der Waals surface area contributed by atoms with Crippen molar-refractivity contribution in [3.8, 4) is 22.3 Å². The SMILES string of the molecule is C/C=c1\c2c(C)c(Br)ccc2c2c(-c3ccccc3)c3c(cc4c5ccccc5c5cccc3c54)c(-c3ccccc3)c12. The van der Waals surface area contributed by atoms with Crippen LogP contribution in [0.3, 0.4) is 0 Å². The number of hydrogen-bond acceptors (Lipinski definition) is 0. The highest BCUT2D eigenvalue weighted by Crippen LogP contribution is 2.51. The van der Waals surface area contributed by atoms with Gasteiger partial charge in [0.1, 0.15) is 0 Å². The zero-order valence-electron chi connectivity index (χ0n) is 24.0. The van der Waals surface area contributed by atoms with E-state index in [0.717, 1.165) is 4.47 Å². The molecule has 0 aliphatic heterocycles. The molecule has 0 N–H and O–H groups in total. The fourth-order valence-electron chi connectivity index (χ4n) is 7.84. The summed E-state index contributed by atoms with van der Waals surface area (Å²) in [5.41, 5.74) is 6.43. The van der Waals surface area contributed by atoms with Gasteiger partial charge in [-0.3, -0.25) is 0 Å². The Kier molecular flexibility index (Phi) is 5.28. The van der Waals surface area contributed by atoms with Crippen LogP contribution in [0, 0.1) is 6.92 Å². The first-order chi connectivity index (χ1) is 21.2. The van der Waals surface area contributed by atoms with Crippen LogP contribution in [-0.2, 0) is 0 Å². The van der Waals surface area contributed by atoms with Crippen molar-refractivity contribution in [3.63, 3.8) is 0 Å². The molecule has 0 spiro atoms. The van der Waals surface area contributed by atoms with Crippen LogP contribution in [0.25, 0.3) is 93.0 Å². The topological polar surface area (TPSA) is 0 Å². The third kappa shape index (κ3) is 3.26. The van der Waals surface area contributed by atoms with Gasteiger partial charge in [-0.05, 0) is 124 Å². The molecule has 0 radical (unpaired) electrons. The Bertz CT molecular complexity index is 2610. The third-order valence-corrected chi connectivity index (χ3v) is 10.4. The minimum atomic E-state index is 1.15. The molecule has 0 aromatic heterocycles. The number of benzene rings is 7. The maximum absolute atomic E-state index is 3.87. The molecule has 9 aromatic carbocycles. The Morgan fingerprint density at radius 2 is 1.02 bits per heavy atom. The van der Waals surface area contributed by atoms with E-state index in [4.69, 9.17) is 0 Å². The fourth-order valence-corrected chi connectivity index (χ4v) is 8.17. The molecule has 0 nitrogen and oxygen atoms in total. The summed E-state index contributed by atoms with van der Waals surface area (Å²) in [7, 11) is 0. The van der Waals surface area contributed by atoms with Gasteiger partial charge in [-0.2, -0.15) is 0 Å². The van der Waals surface area contributed by atoms with Crippen molar-refractivity contribution in [2.75, 3.05) is 0 Å². The Balaban J connectivity index is 1.71. The van der Waals surface area contributed by atoms with Crippen LogP contribution in [0.4, 0.5) is 0 Å². The Morgan fingerprint density at radius 3 is 1.72 bits per heavy atom. The molecule has 1 heteroatoms. The van der Waals surface area contributed by atoms with Gasteiger partial charge in [0.2, 0.25) is 0 Å². The molecule has 0 amide bonds. The fraction of sp³-hybridized carbons (Fsp3) is 0.0476. The summed E-state index contributed by atoms with van der Waals surface area (Å²) in [4.78, 5) is 0. The first-order valence-electron chi connectivity index (χ1n) is 14.9. The number of halogens is 1. The van der Waals surface area contributed by atoms with Gasteiger partial charge in [0.05, 0.1) is 0 Å². The largest absolute Gasteiger partial charge is 0.0791 e. The second-order valence-electron chi connectivity index (χ2n) is 11.6. The third-order valence-electron chi connectivity index (χ3n) is 9.56. The molecule has 0 bridgehead atoms. The molecule has 0 aliphatic carbocycles. The molecule has 202 valence electrons. The number of fused-ring (bicyclic) bond motifs is 8. The van der Waals surface area contributed by atoms with E-state index >= 15 is 0 Å². The van der Waals surface area contributed by atoms with Crippen LogP contribution in [0.15, 0.2) is 126 Å². The van der Waals surface area contributed by atoms with E-state index in [1.807, 2.05) is 0 Å². The van der Waals surface area contributed by atoms with Crippen LogP contribution in [0.2, 0.25) is 0 Å². The number of rotatable bonds is 2. The molecule has 0 saturated heterocycles. The summed E-state index contributed by atoms with van der Waals surface area (Å²) in [5.74, 6) is 0. The summed E-state index contributed by atoms with van der Waals surface area (Å²) in [6.45, 7) is 4.44. The van der Waals surface area contributed by atoms with Gasteiger partial charge in [0.25, 0.3) is 0 Å². The van der Waals surface area contributed by atoms with Crippen molar-refractivity contribution >= 4 is 86.6 Å². The average Bonchev–Trinajstić information content (AvgIpc) is 3.56. The van der Waals surface area contributed by atoms with Crippen molar-refractivity contribution in [2.45, 2.75) is 13.8 Å². The molecular formula is C42H27Br. The smallest absolute Gasteiger partial charge is 0.0211 e. The molecule has 9 aromatic rings. The van der Waals surface area contributed by atoms with Crippen LogP contribution in [-0.4, -0.2) is 0 Å². The molecule has 43 heavy (non-hydrogen) atoms. The van der Waals surface area contributed by atoms with E-state index < -0.39 is 0 Å². The van der Waals surface area contributed by atoms with E-state index in [2.05, 4.69) is 157 Å². The van der Waals surface area contributed by atoms with Crippen molar-refractivity contribution in [1.82, 2.24) is 0 Å². The predicted molar refractivity (Wildman–Crippen MR) is 191 cm³/mol. The van der Waals surface area contributed by atoms with Gasteiger partial charge in [-0.25, -0.2) is 0 Å². The zero-order valence-corrected chi connectivity index (χ0v) is 25.6. The highest BCUT2D eigenvalue weighted by molar-refractivity contribution is 9.10. The first kappa shape index (κ1) is 24.8. The van der Waals surface area contributed by atoms with E-state index in [0.29, 0.717) is 0 Å². The summed E-state index contributed by atoms with van der Waals surface area (Å²) < 4.78 is 1.15. The first-order valence-corrected chi connectivity index (χ1v) is 15.7. The summed E-state index contributed by atoms with van der Waals surface area (Å²) in [6, 6.07) is 44.9. The van der Waals surface area contributed by atoms with Gasteiger partial charge in [-0.1, -0.05) is 131 Å². The van der Waals surface area contributed by atoms with E-state index in [1.54, 1.807) is 0 Å².